The highest BCUT2D eigenvalue weighted by Gasteiger charge is 2.72. The van der Waals surface area contributed by atoms with Gasteiger partial charge in [-0.3, -0.25) is 0 Å². The summed E-state index contributed by atoms with van der Waals surface area (Å²) in [4.78, 5) is 0. The molecule has 1 aliphatic heterocycles. The van der Waals surface area contributed by atoms with E-state index in [0.29, 0.717) is 69.1 Å². The number of hydrogen-bond donors (Lipinski definition) is 2. The van der Waals surface area contributed by atoms with Crippen LogP contribution < -0.4 is 4.18 Å². The molecule has 1 saturated heterocycles. The zero-order valence-corrected chi connectivity index (χ0v) is 25.2. The number of ether oxygens (including phenoxy) is 2. The van der Waals surface area contributed by atoms with Crippen LogP contribution in [0.2, 0.25) is 0 Å². The van der Waals surface area contributed by atoms with E-state index in [1.807, 2.05) is 0 Å². The zero-order valence-electron chi connectivity index (χ0n) is 24.4. The van der Waals surface area contributed by atoms with E-state index in [4.69, 9.17) is 9.47 Å². The van der Waals surface area contributed by atoms with Crippen LogP contribution in [-0.4, -0.2) is 54.8 Å². The molecular weight excluding hydrogens is 573 g/mol. The molecule has 7 nitrogen and oxygen atoms in total. The summed E-state index contributed by atoms with van der Waals surface area (Å²) >= 11 is 0. The summed E-state index contributed by atoms with van der Waals surface area (Å²) in [6, 6.07) is 4.45. The number of aliphatic hydroxyl groups excluding tert-OH is 1. The molecule has 2 spiro atoms. The van der Waals surface area contributed by atoms with Crippen LogP contribution in [-0.2, 0) is 26.0 Å². The summed E-state index contributed by atoms with van der Waals surface area (Å²) < 4.78 is 80.4. The number of rotatable bonds is 2. The van der Waals surface area contributed by atoms with Crippen molar-refractivity contribution < 1.29 is 45.5 Å². The van der Waals surface area contributed by atoms with Crippen molar-refractivity contribution in [2.45, 2.75) is 107 Å². The molecule has 234 valence electrons. The van der Waals surface area contributed by atoms with Gasteiger partial charge in [0.05, 0.1) is 24.9 Å². The molecule has 4 saturated carbocycles. The van der Waals surface area contributed by atoms with Gasteiger partial charge in [-0.25, -0.2) is 0 Å². The number of fused-ring (bicyclic) bond motifs is 4. The summed E-state index contributed by atoms with van der Waals surface area (Å²) in [5.74, 6) is -0.552. The maximum atomic E-state index is 13.1. The first-order chi connectivity index (χ1) is 19.4. The number of aliphatic hydroxyl groups is 2. The van der Waals surface area contributed by atoms with Crippen molar-refractivity contribution >= 4 is 10.1 Å². The predicted molar refractivity (Wildman–Crippen MR) is 146 cm³/mol. The molecule has 2 N–H and O–H groups in total. The monoisotopic (exact) mass is 614 g/mol. The van der Waals surface area contributed by atoms with Gasteiger partial charge in [-0.15, -0.1) is 0 Å². The molecule has 8 atom stereocenters. The van der Waals surface area contributed by atoms with Gasteiger partial charge in [0, 0.05) is 23.7 Å². The molecule has 7 rings (SSSR count). The van der Waals surface area contributed by atoms with E-state index in [0.717, 1.165) is 24.8 Å². The van der Waals surface area contributed by atoms with Crippen molar-refractivity contribution in [3.8, 4) is 5.75 Å². The Balaban J connectivity index is 1.32. The number of hydrogen-bond acceptors (Lipinski definition) is 7. The van der Waals surface area contributed by atoms with Crippen molar-refractivity contribution in [3.05, 3.63) is 29.3 Å². The molecule has 0 radical (unpaired) electrons. The molecule has 11 heteroatoms. The minimum atomic E-state index is -5.83. The van der Waals surface area contributed by atoms with Gasteiger partial charge >= 0.3 is 15.6 Å². The van der Waals surface area contributed by atoms with Gasteiger partial charge < -0.3 is 23.9 Å². The lowest BCUT2D eigenvalue weighted by Gasteiger charge is -2.70. The topological polar surface area (TPSA) is 102 Å². The summed E-state index contributed by atoms with van der Waals surface area (Å²) in [7, 11) is -5.83. The second-order valence-electron chi connectivity index (χ2n) is 15.3. The lowest BCUT2D eigenvalue weighted by Crippen LogP contribution is -2.70. The van der Waals surface area contributed by atoms with E-state index in [9.17, 15) is 31.8 Å². The fraction of sp³-hybridized carbons (Fsp3) is 0.806. The predicted octanol–water partition coefficient (Wildman–Crippen LogP) is 5.43. The highest BCUT2D eigenvalue weighted by molar-refractivity contribution is 7.88. The van der Waals surface area contributed by atoms with Gasteiger partial charge in [-0.05, 0) is 97.3 Å². The first-order valence-corrected chi connectivity index (χ1v) is 16.7. The van der Waals surface area contributed by atoms with Crippen LogP contribution >= 0.6 is 0 Å². The van der Waals surface area contributed by atoms with E-state index in [1.165, 1.54) is 12.1 Å². The van der Waals surface area contributed by atoms with Crippen LogP contribution in [0.3, 0.4) is 0 Å². The van der Waals surface area contributed by atoms with Gasteiger partial charge in [0.2, 0.25) is 0 Å². The maximum Gasteiger partial charge on any atom is 0.534 e. The Bertz CT molecular complexity index is 1390. The van der Waals surface area contributed by atoms with Crippen LogP contribution in [0.1, 0.15) is 89.2 Å². The van der Waals surface area contributed by atoms with Crippen LogP contribution in [0.25, 0.3) is 0 Å². The fourth-order valence-electron chi connectivity index (χ4n) is 10.5. The lowest BCUT2D eigenvalue weighted by atomic mass is 9.37. The Hall–Kier alpha value is -1.40. The third-order valence-corrected chi connectivity index (χ3v) is 13.3. The Morgan fingerprint density at radius 1 is 1.02 bits per heavy atom. The third-order valence-electron chi connectivity index (χ3n) is 12.4. The average molecular weight is 615 g/mol. The van der Waals surface area contributed by atoms with Gasteiger partial charge in [0.1, 0.15) is 5.75 Å². The normalized spacial score (nSPS) is 43.6. The van der Waals surface area contributed by atoms with E-state index >= 15 is 0 Å². The quantitative estimate of drug-likeness (QED) is 0.338. The summed E-state index contributed by atoms with van der Waals surface area (Å²) in [5.41, 5.74) is -6.02. The van der Waals surface area contributed by atoms with E-state index < -0.39 is 38.5 Å². The molecule has 0 bridgehead atoms. The Labute approximate surface area is 245 Å². The summed E-state index contributed by atoms with van der Waals surface area (Å²) in [6.07, 6.45) is 5.29. The summed E-state index contributed by atoms with van der Waals surface area (Å²) in [6.45, 7) is 7.39. The molecule has 1 aromatic carbocycles. The Kier molecular flexibility index (Phi) is 6.19. The SMILES string of the molecule is CC1(C)COC2(CC[C@@]34Cc5cc(OS(=O)(=O)C(F)(F)F)ccc5C5C[C@]6(C)[C@@H](O)CC[C@H]6[C@H](CC[C@@]3(O)C2)C54)OC1. The lowest BCUT2D eigenvalue weighted by molar-refractivity contribution is -0.357. The number of alkyl halides is 3. The second-order valence-corrected chi connectivity index (χ2v) is 16.8. The maximum absolute atomic E-state index is 13.1. The Morgan fingerprint density at radius 2 is 1.74 bits per heavy atom. The van der Waals surface area contributed by atoms with Crippen molar-refractivity contribution in [1.29, 1.82) is 0 Å². The van der Waals surface area contributed by atoms with E-state index in [-0.39, 0.29) is 28.4 Å². The van der Waals surface area contributed by atoms with Crippen molar-refractivity contribution in [2.24, 2.45) is 34.0 Å². The van der Waals surface area contributed by atoms with Crippen LogP contribution in [0, 0.1) is 34.0 Å². The van der Waals surface area contributed by atoms with Crippen LogP contribution in [0.5, 0.6) is 5.75 Å². The molecule has 2 unspecified atom stereocenters. The van der Waals surface area contributed by atoms with Gasteiger partial charge in [-0.1, -0.05) is 26.8 Å². The van der Waals surface area contributed by atoms with E-state index in [2.05, 4.69) is 25.0 Å². The average Bonchev–Trinajstić information content (AvgIpc) is 3.19. The van der Waals surface area contributed by atoms with Crippen molar-refractivity contribution in [1.82, 2.24) is 0 Å². The molecule has 5 fully saturated rings. The standard InChI is InChI=1S/C31H41F3O7S/c1-26(2)16-39-30(40-17-26)11-10-28-13-18-12-19(41-42(37,38)31(32,33)34)4-5-20(18)22-14-27(3)23(6-7-24(27)35)21(25(22)28)8-9-29(28,36)15-30/h4-5,12,21-25,35-36H,6-11,13-17H2,1-3H3/t21-,22?,23-,24-,25?,27-,28-,29+/m0/s1. The van der Waals surface area contributed by atoms with Gasteiger partial charge in [0.15, 0.2) is 5.79 Å². The Morgan fingerprint density at radius 3 is 2.43 bits per heavy atom. The minimum Gasteiger partial charge on any atom is -0.393 e. The first kappa shape index (κ1) is 29.3. The van der Waals surface area contributed by atoms with Crippen LogP contribution in [0.4, 0.5) is 13.2 Å². The molecule has 1 aromatic rings. The molecule has 6 aliphatic rings. The van der Waals surface area contributed by atoms with Gasteiger partial charge in [-0.2, -0.15) is 21.6 Å². The van der Waals surface area contributed by atoms with Crippen molar-refractivity contribution in [2.75, 3.05) is 13.2 Å². The molecule has 0 amide bonds. The molecule has 0 aromatic heterocycles. The number of halogens is 3. The number of benzene rings is 1. The smallest absolute Gasteiger partial charge is 0.393 e. The molecular formula is C31H41F3O7S. The van der Waals surface area contributed by atoms with E-state index in [1.54, 1.807) is 6.07 Å². The summed E-state index contributed by atoms with van der Waals surface area (Å²) in [5, 5.41) is 23.9. The first-order valence-electron chi connectivity index (χ1n) is 15.3. The molecule has 5 aliphatic carbocycles. The molecule has 42 heavy (non-hydrogen) atoms. The second kappa shape index (κ2) is 8.86. The van der Waals surface area contributed by atoms with Crippen molar-refractivity contribution in [3.63, 3.8) is 0 Å². The minimum absolute atomic E-state index is 0.0333. The van der Waals surface area contributed by atoms with Crippen LogP contribution in [0.15, 0.2) is 18.2 Å². The largest absolute Gasteiger partial charge is 0.534 e. The van der Waals surface area contributed by atoms with Gasteiger partial charge in [0.25, 0.3) is 0 Å². The molecule has 1 heterocycles. The highest BCUT2D eigenvalue weighted by atomic mass is 32.2. The highest BCUT2D eigenvalue weighted by Crippen LogP contribution is 2.74. The zero-order chi connectivity index (χ0) is 30.1. The fourth-order valence-corrected chi connectivity index (χ4v) is 10.9. The third kappa shape index (κ3) is 4.01.